The van der Waals surface area contributed by atoms with Crippen molar-refractivity contribution in [1.82, 2.24) is 0 Å². The van der Waals surface area contributed by atoms with E-state index in [0.29, 0.717) is 6.54 Å². The molecule has 0 aliphatic carbocycles. The molecule has 0 saturated carbocycles. The van der Waals surface area contributed by atoms with Gasteiger partial charge in [0.1, 0.15) is 0 Å². The molecular weight excluding hydrogens is 242 g/mol. The quantitative estimate of drug-likeness (QED) is 0.762. The van der Waals surface area contributed by atoms with Crippen molar-refractivity contribution in [2.45, 2.75) is 13.8 Å². The normalized spacial score (nSPS) is 10.3. The van der Waals surface area contributed by atoms with Crippen LogP contribution in [-0.4, -0.2) is 18.9 Å². The van der Waals surface area contributed by atoms with E-state index in [1.54, 1.807) is 0 Å². The molecule has 0 amide bonds. The molecule has 94 valence electrons. The Bertz CT molecular complexity index is 502. The molecule has 0 saturated heterocycles. The molecule has 0 spiro atoms. The highest BCUT2D eigenvalue weighted by Gasteiger charge is 2.12. The number of aryl methyl sites for hydroxylation is 1. The van der Waals surface area contributed by atoms with Gasteiger partial charge in [0.05, 0.1) is 11.4 Å². The second-order valence-corrected chi connectivity index (χ2v) is 5.20. The maximum absolute atomic E-state index is 12.1. The van der Waals surface area contributed by atoms with Gasteiger partial charge < -0.3 is 4.90 Å². The second-order valence-electron chi connectivity index (χ2n) is 4.25. The minimum atomic E-state index is 0.187. The van der Waals surface area contributed by atoms with E-state index in [9.17, 15) is 4.79 Å². The van der Waals surface area contributed by atoms with E-state index < -0.39 is 0 Å². The molecule has 1 heterocycles. The fraction of sp³-hybridized carbons (Fsp3) is 0.267. The zero-order chi connectivity index (χ0) is 13.0. The summed E-state index contributed by atoms with van der Waals surface area (Å²) in [4.78, 5) is 15.0. The summed E-state index contributed by atoms with van der Waals surface area (Å²) in [7, 11) is 0. The van der Waals surface area contributed by atoms with Crippen LogP contribution >= 0.6 is 11.3 Å². The maximum atomic E-state index is 12.1. The number of thiophene rings is 1. The Labute approximate surface area is 112 Å². The molecule has 0 atom stereocenters. The summed E-state index contributed by atoms with van der Waals surface area (Å²) in [5.41, 5.74) is 2.34. The van der Waals surface area contributed by atoms with Crippen molar-refractivity contribution in [2.24, 2.45) is 0 Å². The van der Waals surface area contributed by atoms with Crippen LogP contribution < -0.4 is 4.90 Å². The third-order valence-corrected chi connectivity index (χ3v) is 3.82. The smallest absolute Gasteiger partial charge is 0.191 e. The molecule has 0 fully saturated rings. The van der Waals surface area contributed by atoms with Crippen LogP contribution in [0.1, 0.15) is 22.2 Å². The minimum Gasteiger partial charge on any atom is -0.364 e. The molecule has 2 aromatic rings. The third kappa shape index (κ3) is 2.99. The molecule has 2 rings (SSSR count). The first-order chi connectivity index (χ1) is 8.70. The SMILES string of the molecule is CCN(CC(=O)c1cccs1)c1ccc(C)cc1. The van der Waals surface area contributed by atoms with Crippen LogP contribution in [0.2, 0.25) is 0 Å². The van der Waals surface area contributed by atoms with Gasteiger partial charge in [0.25, 0.3) is 0 Å². The van der Waals surface area contributed by atoms with Crippen LogP contribution in [0.5, 0.6) is 0 Å². The average molecular weight is 259 g/mol. The lowest BCUT2D eigenvalue weighted by Crippen LogP contribution is -2.29. The van der Waals surface area contributed by atoms with Gasteiger partial charge in [0.2, 0.25) is 0 Å². The zero-order valence-electron chi connectivity index (χ0n) is 10.7. The fourth-order valence-corrected chi connectivity index (χ4v) is 2.49. The number of nitrogens with zero attached hydrogens (tertiary/aromatic N) is 1. The lowest BCUT2D eigenvalue weighted by molar-refractivity contribution is 0.100. The van der Waals surface area contributed by atoms with E-state index in [-0.39, 0.29) is 5.78 Å². The van der Waals surface area contributed by atoms with E-state index >= 15 is 0 Å². The van der Waals surface area contributed by atoms with Crippen LogP contribution in [-0.2, 0) is 0 Å². The van der Waals surface area contributed by atoms with Crippen molar-refractivity contribution in [3.63, 3.8) is 0 Å². The summed E-state index contributed by atoms with van der Waals surface area (Å²) in [5, 5.41) is 1.94. The molecule has 0 aliphatic rings. The summed E-state index contributed by atoms with van der Waals surface area (Å²) < 4.78 is 0. The number of likely N-dealkylation sites (N-methyl/N-ethyl adjacent to an activating group) is 1. The predicted octanol–water partition coefficient (Wildman–Crippen LogP) is 3.77. The van der Waals surface area contributed by atoms with Gasteiger partial charge in [0, 0.05) is 12.2 Å². The lowest BCUT2D eigenvalue weighted by Gasteiger charge is -2.22. The molecule has 0 N–H and O–H groups in total. The number of hydrogen-bond acceptors (Lipinski definition) is 3. The van der Waals surface area contributed by atoms with Gasteiger partial charge in [-0.1, -0.05) is 23.8 Å². The maximum Gasteiger partial charge on any atom is 0.191 e. The first-order valence-electron chi connectivity index (χ1n) is 6.09. The topological polar surface area (TPSA) is 20.3 Å². The Balaban J connectivity index is 2.10. The zero-order valence-corrected chi connectivity index (χ0v) is 11.5. The van der Waals surface area contributed by atoms with E-state index in [1.165, 1.54) is 16.9 Å². The van der Waals surface area contributed by atoms with Gasteiger partial charge in [0.15, 0.2) is 5.78 Å². The van der Waals surface area contributed by atoms with Gasteiger partial charge in [-0.3, -0.25) is 4.79 Å². The fourth-order valence-electron chi connectivity index (χ4n) is 1.83. The summed E-state index contributed by atoms with van der Waals surface area (Å²) in [6, 6.07) is 12.1. The molecule has 0 radical (unpaired) electrons. The average Bonchev–Trinajstić information content (AvgIpc) is 2.91. The Morgan fingerprint density at radius 1 is 1.22 bits per heavy atom. The molecule has 18 heavy (non-hydrogen) atoms. The van der Waals surface area contributed by atoms with Gasteiger partial charge in [-0.2, -0.15) is 0 Å². The number of rotatable bonds is 5. The Morgan fingerprint density at radius 3 is 2.50 bits per heavy atom. The molecule has 1 aromatic heterocycles. The first kappa shape index (κ1) is 12.8. The number of benzene rings is 1. The standard InChI is InChI=1S/C15H17NOS/c1-3-16(13-8-6-12(2)7-9-13)11-14(17)15-5-4-10-18-15/h4-10H,3,11H2,1-2H3. The molecule has 2 nitrogen and oxygen atoms in total. The molecule has 0 bridgehead atoms. The van der Waals surface area contributed by atoms with E-state index in [1.807, 2.05) is 17.5 Å². The minimum absolute atomic E-state index is 0.187. The Kier molecular flexibility index (Phi) is 4.15. The Hall–Kier alpha value is -1.61. The summed E-state index contributed by atoms with van der Waals surface area (Å²) in [6.45, 7) is 5.42. The van der Waals surface area contributed by atoms with Crippen LogP contribution in [0.3, 0.4) is 0 Å². The van der Waals surface area contributed by atoms with Crippen molar-refractivity contribution in [2.75, 3.05) is 18.0 Å². The van der Waals surface area contributed by atoms with E-state index in [4.69, 9.17) is 0 Å². The van der Waals surface area contributed by atoms with Gasteiger partial charge in [-0.25, -0.2) is 0 Å². The monoisotopic (exact) mass is 259 g/mol. The number of carbonyl (C=O) groups excluding carboxylic acids is 1. The van der Waals surface area contributed by atoms with E-state index in [0.717, 1.165) is 17.1 Å². The number of Topliss-reactive ketones (excluding diaryl/α,β-unsaturated/α-hetero) is 1. The number of anilines is 1. The van der Waals surface area contributed by atoms with Crippen molar-refractivity contribution in [3.05, 3.63) is 52.2 Å². The highest BCUT2D eigenvalue weighted by molar-refractivity contribution is 7.12. The molecule has 0 unspecified atom stereocenters. The summed E-state index contributed by atoms with van der Waals surface area (Å²) >= 11 is 1.50. The highest BCUT2D eigenvalue weighted by Crippen LogP contribution is 2.17. The molecule has 0 aliphatic heterocycles. The lowest BCUT2D eigenvalue weighted by atomic mass is 10.2. The van der Waals surface area contributed by atoms with Crippen molar-refractivity contribution >= 4 is 22.8 Å². The van der Waals surface area contributed by atoms with Gasteiger partial charge in [-0.15, -0.1) is 11.3 Å². The highest BCUT2D eigenvalue weighted by atomic mass is 32.1. The van der Waals surface area contributed by atoms with Crippen LogP contribution in [0.15, 0.2) is 41.8 Å². The largest absolute Gasteiger partial charge is 0.364 e. The van der Waals surface area contributed by atoms with Crippen LogP contribution in [0, 0.1) is 6.92 Å². The predicted molar refractivity (Wildman–Crippen MR) is 77.7 cm³/mol. The first-order valence-corrected chi connectivity index (χ1v) is 6.97. The van der Waals surface area contributed by atoms with Crippen molar-refractivity contribution in [1.29, 1.82) is 0 Å². The number of carbonyl (C=O) groups is 1. The molecular formula is C15H17NOS. The Morgan fingerprint density at radius 2 is 1.94 bits per heavy atom. The van der Waals surface area contributed by atoms with Crippen molar-refractivity contribution in [3.8, 4) is 0 Å². The van der Waals surface area contributed by atoms with Crippen LogP contribution in [0.4, 0.5) is 5.69 Å². The summed E-state index contributed by atoms with van der Waals surface area (Å²) in [5.74, 6) is 0.187. The number of hydrogen-bond donors (Lipinski definition) is 0. The van der Waals surface area contributed by atoms with E-state index in [2.05, 4.69) is 43.0 Å². The molecule has 3 heteroatoms. The van der Waals surface area contributed by atoms with Crippen molar-refractivity contribution < 1.29 is 4.79 Å². The number of ketones is 1. The second kappa shape index (κ2) is 5.83. The van der Waals surface area contributed by atoms with Crippen LogP contribution in [0.25, 0.3) is 0 Å². The van der Waals surface area contributed by atoms with Gasteiger partial charge in [-0.05, 0) is 37.4 Å². The third-order valence-electron chi connectivity index (χ3n) is 2.91. The molecule has 1 aromatic carbocycles. The van der Waals surface area contributed by atoms with Gasteiger partial charge >= 0.3 is 0 Å². The summed E-state index contributed by atoms with van der Waals surface area (Å²) in [6.07, 6.45) is 0.